The standard InChI is InChI=1S/C21H27ClO/c1-12(2)15-9-19(13(3)4)21(20(10-15)14(5)6)16-7-17(22)11-18(23)8-16/h7-14,23H,1-6H3. The van der Waals surface area contributed by atoms with Crippen LogP contribution in [0.15, 0.2) is 30.3 Å². The molecule has 124 valence electrons. The van der Waals surface area contributed by atoms with Crippen LogP contribution in [-0.2, 0) is 0 Å². The molecule has 2 aromatic rings. The van der Waals surface area contributed by atoms with Gasteiger partial charge in [-0.2, -0.15) is 0 Å². The van der Waals surface area contributed by atoms with Crippen LogP contribution in [0.25, 0.3) is 11.1 Å². The van der Waals surface area contributed by atoms with Crippen LogP contribution in [0.2, 0.25) is 5.02 Å². The first-order valence-electron chi connectivity index (χ1n) is 8.38. The van der Waals surface area contributed by atoms with Crippen molar-refractivity contribution >= 4 is 11.6 Å². The smallest absolute Gasteiger partial charge is 0.117 e. The molecule has 0 radical (unpaired) electrons. The molecule has 0 amide bonds. The van der Waals surface area contributed by atoms with E-state index >= 15 is 0 Å². The number of aromatic hydroxyl groups is 1. The zero-order chi connectivity index (χ0) is 17.3. The minimum atomic E-state index is 0.213. The maximum absolute atomic E-state index is 9.97. The van der Waals surface area contributed by atoms with Crippen LogP contribution >= 0.6 is 11.6 Å². The highest BCUT2D eigenvalue weighted by atomic mass is 35.5. The molecule has 2 rings (SSSR count). The van der Waals surface area contributed by atoms with Gasteiger partial charge in [-0.15, -0.1) is 0 Å². The SMILES string of the molecule is CC(C)c1cc(C(C)C)c(-c2cc(O)cc(Cl)c2)c(C(C)C)c1. The van der Waals surface area contributed by atoms with Crippen LogP contribution in [-0.4, -0.2) is 5.11 Å². The molecule has 0 atom stereocenters. The van der Waals surface area contributed by atoms with E-state index in [2.05, 4.69) is 53.7 Å². The van der Waals surface area contributed by atoms with Crippen molar-refractivity contribution in [3.63, 3.8) is 0 Å². The Hall–Kier alpha value is -1.47. The fourth-order valence-corrected chi connectivity index (χ4v) is 3.24. The van der Waals surface area contributed by atoms with E-state index < -0.39 is 0 Å². The van der Waals surface area contributed by atoms with Crippen molar-refractivity contribution < 1.29 is 5.11 Å². The van der Waals surface area contributed by atoms with Gasteiger partial charge >= 0.3 is 0 Å². The van der Waals surface area contributed by atoms with Gasteiger partial charge in [-0.25, -0.2) is 0 Å². The summed E-state index contributed by atoms with van der Waals surface area (Å²) in [6.07, 6.45) is 0. The van der Waals surface area contributed by atoms with Crippen molar-refractivity contribution in [2.75, 3.05) is 0 Å². The van der Waals surface area contributed by atoms with Gasteiger partial charge in [0.25, 0.3) is 0 Å². The molecule has 0 saturated heterocycles. The van der Waals surface area contributed by atoms with Gasteiger partial charge in [-0.05, 0) is 63.8 Å². The zero-order valence-electron chi connectivity index (χ0n) is 14.9. The normalized spacial score (nSPS) is 11.7. The van der Waals surface area contributed by atoms with Crippen molar-refractivity contribution in [1.29, 1.82) is 0 Å². The van der Waals surface area contributed by atoms with E-state index in [0.29, 0.717) is 22.8 Å². The lowest BCUT2D eigenvalue weighted by Crippen LogP contribution is -2.03. The Bertz CT molecular complexity index is 650. The summed E-state index contributed by atoms with van der Waals surface area (Å²) < 4.78 is 0. The van der Waals surface area contributed by atoms with Gasteiger partial charge in [0.1, 0.15) is 5.75 Å². The van der Waals surface area contributed by atoms with Gasteiger partial charge in [-0.3, -0.25) is 0 Å². The van der Waals surface area contributed by atoms with Crippen molar-refractivity contribution in [3.8, 4) is 16.9 Å². The van der Waals surface area contributed by atoms with E-state index in [-0.39, 0.29) is 5.75 Å². The van der Waals surface area contributed by atoms with E-state index in [1.807, 2.05) is 12.1 Å². The Balaban J connectivity index is 2.83. The number of halogens is 1. The first-order chi connectivity index (χ1) is 10.7. The molecule has 1 N–H and O–H groups in total. The van der Waals surface area contributed by atoms with Gasteiger partial charge in [-0.1, -0.05) is 65.3 Å². The zero-order valence-corrected chi connectivity index (χ0v) is 15.7. The number of benzene rings is 2. The summed E-state index contributed by atoms with van der Waals surface area (Å²) in [7, 11) is 0. The van der Waals surface area contributed by atoms with Crippen LogP contribution in [0.4, 0.5) is 0 Å². The summed E-state index contributed by atoms with van der Waals surface area (Å²) in [5, 5.41) is 10.5. The lowest BCUT2D eigenvalue weighted by molar-refractivity contribution is 0.475. The first-order valence-corrected chi connectivity index (χ1v) is 8.76. The van der Waals surface area contributed by atoms with Crippen LogP contribution in [0.1, 0.15) is 76.0 Å². The molecular formula is C21H27ClO. The minimum absolute atomic E-state index is 0.213. The average Bonchev–Trinajstić information content (AvgIpc) is 2.44. The van der Waals surface area contributed by atoms with Crippen LogP contribution in [0.5, 0.6) is 5.75 Å². The fourth-order valence-electron chi connectivity index (χ4n) is 3.01. The first kappa shape index (κ1) is 17.9. The minimum Gasteiger partial charge on any atom is -0.508 e. The summed E-state index contributed by atoms with van der Waals surface area (Å²) in [5.41, 5.74) is 6.23. The highest BCUT2D eigenvalue weighted by Crippen LogP contribution is 2.40. The summed E-state index contributed by atoms with van der Waals surface area (Å²) in [6, 6.07) is 9.97. The third kappa shape index (κ3) is 3.90. The van der Waals surface area contributed by atoms with Gasteiger partial charge in [0.2, 0.25) is 0 Å². The van der Waals surface area contributed by atoms with Gasteiger partial charge in [0.05, 0.1) is 0 Å². The molecule has 0 spiro atoms. The van der Waals surface area contributed by atoms with Crippen LogP contribution in [0.3, 0.4) is 0 Å². The Kier molecular flexibility index (Phi) is 5.41. The van der Waals surface area contributed by atoms with E-state index in [1.165, 1.54) is 22.3 Å². The molecule has 0 unspecified atom stereocenters. The molecule has 23 heavy (non-hydrogen) atoms. The Morgan fingerprint density at radius 1 is 0.739 bits per heavy atom. The monoisotopic (exact) mass is 330 g/mol. The van der Waals surface area contributed by atoms with Crippen molar-refractivity contribution in [2.24, 2.45) is 0 Å². The Morgan fingerprint density at radius 3 is 1.65 bits per heavy atom. The Labute approximate surface area is 145 Å². The third-order valence-corrected chi connectivity index (χ3v) is 4.52. The van der Waals surface area contributed by atoms with Gasteiger partial charge in [0.15, 0.2) is 0 Å². The lowest BCUT2D eigenvalue weighted by atomic mass is 9.82. The molecule has 0 aromatic heterocycles. The number of phenols is 1. The second kappa shape index (κ2) is 6.97. The molecule has 0 bridgehead atoms. The lowest BCUT2D eigenvalue weighted by Gasteiger charge is -2.23. The molecule has 0 saturated carbocycles. The Morgan fingerprint density at radius 2 is 1.26 bits per heavy atom. The summed E-state index contributed by atoms with van der Waals surface area (Å²) in [4.78, 5) is 0. The van der Waals surface area contributed by atoms with E-state index in [4.69, 9.17) is 11.6 Å². The van der Waals surface area contributed by atoms with Crippen LogP contribution < -0.4 is 0 Å². The van der Waals surface area contributed by atoms with E-state index in [1.54, 1.807) is 6.07 Å². The molecule has 0 heterocycles. The molecule has 0 aliphatic carbocycles. The van der Waals surface area contributed by atoms with E-state index in [9.17, 15) is 5.11 Å². The van der Waals surface area contributed by atoms with Crippen LogP contribution in [0, 0.1) is 0 Å². The van der Waals surface area contributed by atoms with Gasteiger partial charge in [0, 0.05) is 5.02 Å². The fraction of sp³-hybridized carbons (Fsp3) is 0.429. The van der Waals surface area contributed by atoms with Crippen molar-refractivity contribution in [2.45, 2.75) is 59.3 Å². The van der Waals surface area contributed by atoms with Gasteiger partial charge < -0.3 is 5.11 Å². The summed E-state index contributed by atoms with van der Waals surface area (Å²) in [5.74, 6) is 1.52. The molecule has 2 aromatic carbocycles. The van der Waals surface area contributed by atoms with Crippen molar-refractivity contribution in [1.82, 2.24) is 0 Å². The summed E-state index contributed by atoms with van der Waals surface area (Å²) >= 11 is 6.19. The second-order valence-electron chi connectivity index (χ2n) is 7.24. The predicted molar refractivity (Wildman–Crippen MR) is 101 cm³/mol. The average molecular weight is 331 g/mol. The second-order valence-corrected chi connectivity index (χ2v) is 7.67. The topological polar surface area (TPSA) is 20.2 Å². The quantitative estimate of drug-likeness (QED) is 0.634. The molecule has 2 heteroatoms. The molecule has 1 nitrogen and oxygen atoms in total. The highest BCUT2D eigenvalue weighted by Gasteiger charge is 2.19. The summed E-state index contributed by atoms with van der Waals surface area (Å²) in [6.45, 7) is 13.3. The number of rotatable bonds is 4. The number of hydrogen-bond donors (Lipinski definition) is 1. The third-order valence-electron chi connectivity index (χ3n) is 4.30. The highest BCUT2D eigenvalue weighted by molar-refractivity contribution is 6.31. The number of phenolic OH excluding ortho intramolecular Hbond substituents is 1. The number of hydrogen-bond acceptors (Lipinski definition) is 1. The maximum atomic E-state index is 9.97. The molecule has 0 aliphatic heterocycles. The molecule has 0 fully saturated rings. The molecule has 0 aliphatic rings. The van der Waals surface area contributed by atoms with E-state index in [0.717, 1.165) is 5.56 Å². The maximum Gasteiger partial charge on any atom is 0.117 e. The molecular weight excluding hydrogens is 304 g/mol. The van der Waals surface area contributed by atoms with Crippen molar-refractivity contribution in [3.05, 3.63) is 52.0 Å². The predicted octanol–water partition coefficient (Wildman–Crippen LogP) is 7.08. The largest absolute Gasteiger partial charge is 0.508 e.